The lowest BCUT2D eigenvalue weighted by Gasteiger charge is -2.40. The summed E-state index contributed by atoms with van der Waals surface area (Å²) in [5.74, 6) is 2.65. The molecule has 1 nitrogen and oxygen atoms in total. The van der Waals surface area contributed by atoms with Gasteiger partial charge in [-0.25, -0.2) is 0 Å². The van der Waals surface area contributed by atoms with E-state index in [2.05, 4.69) is 56.5 Å². The van der Waals surface area contributed by atoms with E-state index in [1.807, 2.05) is 0 Å². The molecule has 2 aliphatic carbocycles. The van der Waals surface area contributed by atoms with Gasteiger partial charge in [-0.2, -0.15) is 0 Å². The lowest BCUT2D eigenvalue weighted by Crippen LogP contribution is -2.46. The Bertz CT molecular complexity index is 434. The first-order valence-electron chi connectivity index (χ1n) is 8.40. The van der Waals surface area contributed by atoms with E-state index in [1.165, 1.54) is 32.1 Å². The Hall–Kier alpha value is -0.820. The summed E-state index contributed by atoms with van der Waals surface area (Å²) in [7, 11) is 2.18. The predicted octanol–water partition coefficient (Wildman–Crippen LogP) is 4.38. The summed E-state index contributed by atoms with van der Waals surface area (Å²) in [4.78, 5) is 0. The third-order valence-corrected chi connectivity index (χ3v) is 6.15. The average molecular weight is 271 g/mol. The van der Waals surface area contributed by atoms with E-state index in [1.54, 1.807) is 5.56 Å². The van der Waals surface area contributed by atoms with Gasteiger partial charge in [-0.05, 0) is 56.0 Å². The summed E-state index contributed by atoms with van der Waals surface area (Å²) in [6, 6.07) is 11.9. The van der Waals surface area contributed by atoms with Gasteiger partial charge >= 0.3 is 0 Å². The molecule has 3 rings (SSSR count). The van der Waals surface area contributed by atoms with Gasteiger partial charge in [-0.3, -0.25) is 0 Å². The second-order valence-corrected chi connectivity index (χ2v) is 7.32. The van der Waals surface area contributed by atoms with Crippen molar-refractivity contribution in [1.29, 1.82) is 0 Å². The number of hydrogen-bond acceptors (Lipinski definition) is 1. The third kappa shape index (κ3) is 2.41. The summed E-state index contributed by atoms with van der Waals surface area (Å²) < 4.78 is 0. The van der Waals surface area contributed by atoms with Crippen LogP contribution < -0.4 is 5.32 Å². The molecule has 1 heteroatoms. The van der Waals surface area contributed by atoms with Crippen LogP contribution in [0.25, 0.3) is 0 Å². The largest absolute Gasteiger partial charge is 0.316 e. The monoisotopic (exact) mass is 271 g/mol. The number of benzene rings is 1. The number of nitrogens with one attached hydrogen (secondary N) is 1. The Balaban J connectivity index is 1.80. The second kappa shape index (κ2) is 5.52. The molecule has 0 heterocycles. The van der Waals surface area contributed by atoms with Crippen LogP contribution in [0.3, 0.4) is 0 Å². The van der Waals surface area contributed by atoms with E-state index < -0.39 is 0 Å². The SMILES string of the molecule is CNC(C1CCC(C)C(C)C1)C1(c2ccccc2)CC1. The lowest BCUT2D eigenvalue weighted by atomic mass is 9.69. The van der Waals surface area contributed by atoms with Crippen LogP contribution in [-0.4, -0.2) is 13.1 Å². The van der Waals surface area contributed by atoms with Crippen molar-refractivity contribution in [3.8, 4) is 0 Å². The highest BCUT2D eigenvalue weighted by Gasteiger charge is 2.52. The summed E-state index contributed by atoms with van der Waals surface area (Å²) >= 11 is 0. The fourth-order valence-electron chi connectivity index (χ4n) is 4.54. The van der Waals surface area contributed by atoms with E-state index in [-0.39, 0.29) is 0 Å². The van der Waals surface area contributed by atoms with Crippen molar-refractivity contribution in [1.82, 2.24) is 5.32 Å². The van der Waals surface area contributed by atoms with Gasteiger partial charge in [0, 0.05) is 11.5 Å². The standard InChI is InChI=1S/C19H29N/c1-14-9-10-16(13-15(14)2)18(20-3)19(11-12-19)17-7-5-4-6-8-17/h4-8,14-16,18,20H,9-13H2,1-3H3. The van der Waals surface area contributed by atoms with Gasteiger partial charge in [0.1, 0.15) is 0 Å². The number of rotatable bonds is 4. The minimum Gasteiger partial charge on any atom is -0.316 e. The predicted molar refractivity (Wildman–Crippen MR) is 85.9 cm³/mol. The summed E-state index contributed by atoms with van der Waals surface area (Å²) in [5, 5.41) is 3.71. The van der Waals surface area contributed by atoms with E-state index in [0.29, 0.717) is 11.5 Å². The van der Waals surface area contributed by atoms with Crippen LogP contribution >= 0.6 is 0 Å². The highest BCUT2D eigenvalue weighted by atomic mass is 14.9. The van der Waals surface area contributed by atoms with Gasteiger partial charge in [-0.15, -0.1) is 0 Å². The van der Waals surface area contributed by atoms with Crippen molar-refractivity contribution < 1.29 is 0 Å². The molecule has 0 aliphatic heterocycles. The maximum atomic E-state index is 3.71. The number of likely N-dealkylation sites (N-methyl/N-ethyl adjacent to an activating group) is 1. The van der Waals surface area contributed by atoms with Crippen molar-refractivity contribution in [2.45, 2.75) is 57.4 Å². The molecule has 2 fully saturated rings. The molecule has 0 spiro atoms. The molecule has 0 bridgehead atoms. The van der Waals surface area contributed by atoms with Crippen LogP contribution in [0.4, 0.5) is 0 Å². The Morgan fingerprint density at radius 3 is 2.30 bits per heavy atom. The van der Waals surface area contributed by atoms with E-state index in [4.69, 9.17) is 0 Å². The molecular weight excluding hydrogens is 242 g/mol. The molecule has 4 unspecified atom stereocenters. The Morgan fingerprint density at radius 2 is 1.75 bits per heavy atom. The van der Waals surface area contributed by atoms with E-state index >= 15 is 0 Å². The molecule has 1 N–H and O–H groups in total. The first-order chi connectivity index (χ1) is 9.67. The molecule has 0 amide bonds. The van der Waals surface area contributed by atoms with Crippen molar-refractivity contribution in [3.05, 3.63) is 35.9 Å². The molecule has 1 aromatic carbocycles. The van der Waals surface area contributed by atoms with E-state index in [9.17, 15) is 0 Å². The Morgan fingerprint density at radius 1 is 1.05 bits per heavy atom. The minimum atomic E-state index is 0.432. The number of hydrogen-bond donors (Lipinski definition) is 1. The quantitative estimate of drug-likeness (QED) is 0.857. The molecule has 0 saturated heterocycles. The molecule has 0 radical (unpaired) electrons. The maximum Gasteiger partial charge on any atom is 0.0189 e. The molecule has 20 heavy (non-hydrogen) atoms. The zero-order chi connectivity index (χ0) is 14.2. The average Bonchev–Trinajstić information content (AvgIpc) is 3.26. The molecule has 0 aromatic heterocycles. The molecule has 1 aromatic rings. The van der Waals surface area contributed by atoms with Crippen LogP contribution in [0.5, 0.6) is 0 Å². The highest BCUT2D eigenvalue weighted by Crippen LogP contribution is 2.54. The fraction of sp³-hybridized carbons (Fsp3) is 0.684. The fourth-order valence-corrected chi connectivity index (χ4v) is 4.54. The van der Waals surface area contributed by atoms with Crippen LogP contribution in [-0.2, 0) is 5.41 Å². The van der Waals surface area contributed by atoms with Crippen molar-refractivity contribution in [2.75, 3.05) is 7.05 Å². The smallest absolute Gasteiger partial charge is 0.0189 e. The first-order valence-corrected chi connectivity index (χ1v) is 8.40. The Labute approximate surface area is 124 Å². The lowest BCUT2D eigenvalue weighted by molar-refractivity contribution is 0.156. The topological polar surface area (TPSA) is 12.0 Å². The van der Waals surface area contributed by atoms with Crippen molar-refractivity contribution in [3.63, 3.8) is 0 Å². The minimum absolute atomic E-state index is 0.432. The van der Waals surface area contributed by atoms with Crippen molar-refractivity contribution in [2.24, 2.45) is 17.8 Å². The van der Waals surface area contributed by atoms with Gasteiger partial charge in [0.15, 0.2) is 0 Å². The third-order valence-electron chi connectivity index (χ3n) is 6.15. The normalized spacial score (nSPS) is 33.6. The van der Waals surface area contributed by atoms with Crippen LogP contribution in [0, 0.1) is 17.8 Å². The molecule has 2 aliphatic rings. The second-order valence-electron chi connectivity index (χ2n) is 7.32. The summed E-state index contributed by atoms with van der Waals surface area (Å²) in [5.41, 5.74) is 1.99. The van der Waals surface area contributed by atoms with Gasteiger partial charge in [0.25, 0.3) is 0 Å². The van der Waals surface area contributed by atoms with Gasteiger partial charge < -0.3 is 5.32 Å². The highest BCUT2D eigenvalue weighted by molar-refractivity contribution is 5.34. The van der Waals surface area contributed by atoms with Gasteiger partial charge in [0.2, 0.25) is 0 Å². The molecule has 2 saturated carbocycles. The summed E-state index contributed by atoms with van der Waals surface area (Å²) in [6.45, 7) is 4.88. The van der Waals surface area contributed by atoms with Gasteiger partial charge in [-0.1, -0.05) is 50.6 Å². The first kappa shape index (κ1) is 14.1. The van der Waals surface area contributed by atoms with Crippen LogP contribution in [0.15, 0.2) is 30.3 Å². The zero-order valence-electron chi connectivity index (χ0n) is 13.2. The zero-order valence-corrected chi connectivity index (χ0v) is 13.2. The van der Waals surface area contributed by atoms with Crippen molar-refractivity contribution >= 4 is 0 Å². The maximum absolute atomic E-state index is 3.71. The molecule has 4 atom stereocenters. The summed E-state index contributed by atoms with van der Waals surface area (Å²) in [6.07, 6.45) is 6.95. The molecule has 110 valence electrons. The van der Waals surface area contributed by atoms with E-state index in [0.717, 1.165) is 17.8 Å². The van der Waals surface area contributed by atoms with Gasteiger partial charge in [0.05, 0.1) is 0 Å². The van der Waals surface area contributed by atoms with Crippen LogP contribution in [0.1, 0.15) is 51.5 Å². The molecular formula is C19H29N. The Kier molecular flexibility index (Phi) is 3.90. The van der Waals surface area contributed by atoms with Crippen LogP contribution in [0.2, 0.25) is 0 Å².